The summed E-state index contributed by atoms with van der Waals surface area (Å²) in [5, 5.41) is 13.7. The average Bonchev–Trinajstić information content (AvgIpc) is 2.96. The zero-order valence-electron chi connectivity index (χ0n) is 23.0. The van der Waals surface area contributed by atoms with Crippen LogP contribution in [0.1, 0.15) is 25.3 Å². The quantitative estimate of drug-likeness (QED) is 0.470. The van der Waals surface area contributed by atoms with E-state index >= 15 is 0 Å². The number of ether oxygens (including phenoxy) is 3. The van der Waals surface area contributed by atoms with Crippen molar-refractivity contribution in [3.8, 4) is 5.75 Å². The molecule has 2 heterocycles. The van der Waals surface area contributed by atoms with Gasteiger partial charge < -0.3 is 29.5 Å². The van der Waals surface area contributed by atoms with Crippen LogP contribution in [0.3, 0.4) is 0 Å². The van der Waals surface area contributed by atoms with Gasteiger partial charge in [0, 0.05) is 49.8 Å². The number of para-hydroxylation sites is 1. The third-order valence-electron chi connectivity index (χ3n) is 7.19. The first-order valence-corrected chi connectivity index (χ1v) is 13.1. The Morgan fingerprint density at radius 1 is 0.897 bits per heavy atom. The highest BCUT2D eigenvalue weighted by molar-refractivity contribution is 5.99. The summed E-state index contributed by atoms with van der Waals surface area (Å²) in [6.45, 7) is 7.83. The Bertz CT molecular complexity index is 1180. The molecule has 39 heavy (non-hydrogen) atoms. The zero-order chi connectivity index (χ0) is 27.9. The van der Waals surface area contributed by atoms with Crippen molar-refractivity contribution in [2.24, 2.45) is 0 Å². The molecule has 2 aliphatic rings. The highest BCUT2D eigenvalue weighted by atomic mass is 16.5. The molecule has 0 radical (unpaired) electrons. The predicted molar refractivity (Wildman–Crippen MR) is 148 cm³/mol. The van der Waals surface area contributed by atoms with Crippen molar-refractivity contribution < 1.29 is 28.9 Å². The number of nitrogens with zero attached hydrogens (tertiary/aromatic N) is 2. The molecule has 1 fully saturated rings. The molecule has 0 aliphatic carbocycles. The molecule has 0 amide bonds. The Balaban J connectivity index is 1.37. The molecule has 2 aromatic rings. The molecule has 2 N–H and O–H groups in total. The van der Waals surface area contributed by atoms with Crippen LogP contribution < -0.4 is 15.0 Å². The van der Waals surface area contributed by atoms with Crippen LogP contribution in [-0.2, 0) is 19.1 Å². The number of benzene rings is 2. The van der Waals surface area contributed by atoms with E-state index in [1.165, 1.54) is 19.9 Å². The molecule has 0 spiro atoms. The Labute approximate surface area is 229 Å². The molecule has 0 aromatic heterocycles. The summed E-state index contributed by atoms with van der Waals surface area (Å²) in [4.78, 5) is 29.9. The lowest BCUT2D eigenvalue weighted by molar-refractivity contribution is -0.137. The van der Waals surface area contributed by atoms with E-state index < -0.39 is 24.0 Å². The fraction of sp³-hybridized carbons (Fsp3) is 0.400. The number of carbonyl (C=O) groups excluding carboxylic acids is 2. The van der Waals surface area contributed by atoms with Gasteiger partial charge in [0.15, 0.2) is 0 Å². The molecule has 2 aliphatic heterocycles. The smallest absolute Gasteiger partial charge is 0.336 e. The molecule has 1 saturated heterocycles. The van der Waals surface area contributed by atoms with Crippen molar-refractivity contribution in [2.75, 3.05) is 58.5 Å². The number of methoxy groups -OCH3 is 2. The van der Waals surface area contributed by atoms with Crippen molar-refractivity contribution in [1.82, 2.24) is 10.2 Å². The summed E-state index contributed by atoms with van der Waals surface area (Å²) < 4.78 is 15.9. The number of aliphatic hydroxyl groups is 1. The molecular weight excluding hydrogens is 498 g/mol. The number of nitrogens with one attached hydrogen (secondary N) is 1. The Morgan fingerprint density at radius 2 is 1.46 bits per heavy atom. The van der Waals surface area contributed by atoms with Gasteiger partial charge in [-0.05, 0) is 43.7 Å². The van der Waals surface area contributed by atoms with Crippen LogP contribution in [-0.4, -0.2) is 81.6 Å². The third-order valence-corrected chi connectivity index (χ3v) is 7.19. The minimum Gasteiger partial charge on any atom is -0.491 e. The summed E-state index contributed by atoms with van der Waals surface area (Å²) in [7, 11) is 2.63. The number of rotatable bonds is 9. The maximum Gasteiger partial charge on any atom is 0.336 e. The standard InChI is InChI=1S/C30H37N3O6/c1-20-26(29(35)37-3)28(27(21(2)31-20)30(36)38-4)22-10-12-25(13-11-22)39-19-24(34)18-32-14-16-33(17-15-32)23-8-6-5-7-9-23/h5-13,24,28,31,34H,14-19H2,1-4H3. The average molecular weight is 536 g/mol. The molecule has 1 unspecified atom stereocenters. The largest absolute Gasteiger partial charge is 0.491 e. The Kier molecular flexibility index (Phi) is 9.27. The number of aliphatic hydroxyl groups excluding tert-OH is 1. The summed E-state index contributed by atoms with van der Waals surface area (Å²) in [5.74, 6) is -1.11. The monoisotopic (exact) mass is 535 g/mol. The topological polar surface area (TPSA) is 101 Å². The fourth-order valence-electron chi connectivity index (χ4n) is 5.22. The van der Waals surface area contributed by atoms with Crippen LogP contribution in [0.15, 0.2) is 77.1 Å². The van der Waals surface area contributed by atoms with E-state index in [9.17, 15) is 14.7 Å². The lowest BCUT2D eigenvalue weighted by Gasteiger charge is -2.36. The number of piperazine rings is 1. The van der Waals surface area contributed by atoms with Gasteiger partial charge >= 0.3 is 11.9 Å². The number of esters is 2. The molecule has 1 atom stereocenters. The second kappa shape index (κ2) is 12.8. The van der Waals surface area contributed by atoms with Gasteiger partial charge in [-0.25, -0.2) is 9.59 Å². The van der Waals surface area contributed by atoms with E-state index in [2.05, 4.69) is 27.2 Å². The molecule has 208 valence electrons. The summed E-state index contributed by atoms with van der Waals surface area (Å²) in [6, 6.07) is 17.5. The van der Waals surface area contributed by atoms with E-state index in [4.69, 9.17) is 14.2 Å². The van der Waals surface area contributed by atoms with Gasteiger partial charge in [-0.2, -0.15) is 0 Å². The summed E-state index contributed by atoms with van der Waals surface area (Å²) in [6.07, 6.45) is -0.634. The minimum absolute atomic E-state index is 0.157. The van der Waals surface area contributed by atoms with Crippen LogP contribution in [0.4, 0.5) is 5.69 Å². The van der Waals surface area contributed by atoms with Crippen molar-refractivity contribution in [2.45, 2.75) is 25.9 Å². The van der Waals surface area contributed by atoms with Crippen molar-refractivity contribution in [3.63, 3.8) is 0 Å². The second-order valence-electron chi connectivity index (χ2n) is 9.78. The van der Waals surface area contributed by atoms with Gasteiger partial charge in [-0.15, -0.1) is 0 Å². The first kappa shape index (κ1) is 28.2. The number of allylic oxidation sites excluding steroid dienone is 2. The molecule has 0 bridgehead atoms. The minimum atomic E-state index is -0.652. The van der Waals surface area contributed by atoms with Gasteiger partial charge in [-0.3, -0.25) is 4.90 Å². The molecule has 9 heteroatoms. The van der Waals surface area contributed by atoms with E-state index in [0.29, 0.717) is 34.8 Å². The molecule has 9 nitrogen and oxygen atoms in total. The fourth-order valence-corrected chi connectivity index (χ4v) is 5.22. The van der Waals surface area contributed by atoms with Gasteiger partial charge in [0.1, 0.15) is 18.5 Å². The summed E-state index contributed by atoms with van der Waals surface area (Å²) in [5.41, 5.74) is 3.87. The SMILES string of the molecule is COC(=O)C1=C(C)NC(C)=C(C(=O)OC)C1c1ccc(OCC(O)CN2CCN(c3ccccc3)CC2)cc1. The Morgan fingerprint density at radius 3 is 2.00 bits per heavy atom. The lowest BCUT2D eigenvalue weighted by Crippen LogP contribution is -2.49. The van der Waals surface area contributed by atoms with Gasteiger partial charge in [-0.1, -0.05) is 30.3 Å². The number of hydrogen-bond acceptors (Lipinski definition) is 9. The number of carbonyl (C=O) groups is 2. The number of hydrogen-bond donors (Lipinski definition) is 2. The predicted octanol–water partition coefficient (Wildman–Crippen LogP) is 2.83. The molecule has 0 saturated carbocycles. The number of dihydropyridines is 1. The highest BCUT2D eigenvalue weighted by Gasteiger charge is 2.37. The first-order chi connectivity index (χ1) is 18.8. The van der Waals surface area contributed by atoms with Gasteiger partial charge in [0.2, 0.25) is 0 Å². The van der Waals surface area contributed by atoms with Crippen LogP contribution >= 0.6 is 0 Å². The lowest BCUT2D eigenvalue weighted by atomic mass is 9.80. The van der Waals surface area contributed by atoms with Crippen LogP contribution in [0.2, 0.25) is 0 Å². The zero-order valence-corrected chi connectivity index (χ0v) is 23.0. The van der Waals surface area contributed by atoms with Crippen LogP contribution in [0.25, 0.3) is 0 Å². The molecule has 4 rings (SSSR count). The normalized spacial score (nSPS) is 17.5. The van der Waals surface area contributed by atoms with E-state index in [0.717, 1.165) is 31.7 Å². The van der Waals surface area contributed by atoms with E-state index in [1.54, 1.807) is 26.0 Å². The molecule has 2 aromatic carbocycles. The van der Waals surface area contributed by atoms with E-state index in [-0.39, 0.29) is 6.61 Å². The first-order valence-electron chi connectivity index (χ1n) is 13.1. The van der Waals surface area contributed by atoms with Gasteiger partial charge in [0.25, 0.3) is 0 Å². The second-order valence-corrected chi connectivity index (χ2v) is 9.78. The van der Waals surface area contributed by atoms with Crippen molar-refractivity contribution in [3.05, 3.63) is 82.7 Å². The van der Waals surface area contributed by atoms with E-state index in [1.807, 2.05) is 30.3 Å². The maximum absolute atomic E-state index is 12.7. The third kappa shape index (κ3) is 6.61. The highest BCUT2D eigenvalue weighted by Crippen LogP contribution is 2.39. The number of β-amino-alcohol motifs (C(OH)–C–C–N with tert-alkyl or cyclic N) is 1. The maximum atomic E-state index is 12.7. The van der Waals surface area contributed by atoms with Crippen molar-refractivity contribution in [1.29, 1.82) is 0 Å². The molecular formula is C30H37N3O6. The number of anilines is 1. The summed E-state index contributed by atoms with van der Waals surface area (Å²) >= 11 is 0. The Hall–Kier alpha value is -3.82. The van der Waals surface area contributed by atoms with Gasteiger partial charge in [0.05, 0.1) is 31.3 Å². The van der Waals surface area contributed by atoms with Crippen molar-refractivity contribution >= 4 is 17.6 Å². The van der Waals surface area contributed by atoms with Crippen LogP contribution in [0, 0.1) is 0 Å². The van der Waals surface area contributed by atoms with Crippen LogP contribution in [0.5, 0.6) is 5.75 Å².